The molecule has 0 N–H and O–H groups in total. The van der Waals surface area contributed by atoms with Gasteiger partial charge in [-0.2, -0.15) is 0 Å². The zero-order valence-electron chi connectivity index (χ0n) is 16.8. The Hall–Kier alpha value is -2.92. The highest BCUT2D eigenvalue weighted by molar-refractivity contribution is 6.08. The molecule has 0 atom stereocenters. The van der Waals surface area contributed by atoms with E-state index < -0.39 is 0 Å². The largest absolute Gasteiger partial charge is 0.474 e. The van der Waals surface area contributed by atoms with E-state index in [-0.39, 0.29) is 0 Å². The van der Waals surface area contributed by atoms with E-state index in [1.54, 1.807) is 0 Å². The van der Waals surface area contributed by atoms with Crippen molar-refractivity contribution in [3.05, 3.63) is 55.0 Å². The second kappa shape index (κ2) is 6.04. The third-order valence-corrected chi connectivity index (χ3v) is 6.70. The van der Waals surface area contributed by atoms with E-state index in [0.717, 1.165) is 29.8 Å². The van der Waals surface area contributed by atoms with Gasteiger partial charge in [0.1, 0.15) is 6.10 Å². The molecule has 1 aromatic carbocycles. The molecule has 2 fully saturated rings. The lowest BCUT2D eigenvalue weighted by Crippen LogP contribution is -2.63. The first-order valence-corrected chi connectivity index (χ1v) is 10.2. The monoisotopic (exact) mass is 384 g/mol. The lowest BCUT2D eigenvalue weighted by molar-refractivity contribution is -0.110. The predicted octanol–water partition coefficient (Wildman–Crippen LogP) is 4.26. The highest BCUT2D eigenvalue weighted by atomic mass is 16.5. The van der Waals surface area contributed by atoms with Crippen molar-refractivity contribution < 1.29 is 4.74 Å². The molecule has 0 amide bonds. The lowest BCUT2D eigenvalue weighted by atomic mass is 9.62. The van der Waals surface area contributed by atoms with Crippen LogP contribution in [0.3, 0.4) is 0 Å². The van der Waals surface area contributed by atoms with Gasteiger partial charge in [0.25, 0.3) is 0 Å². The van der Waals surface area contributed by atoms with Crippen LogP contribution in [-0.4, -0.2) is 45.7 Å². The van der Waals surface area contributed by atoms with Gasteiger partial charge in [0, 0.05) is 72.1 Å². The molecular formula is C24H24N4O. The van der Waals surface area contributed by atoms with Crippen molar-refractivity contribution in [1.82, 2.24) is 19.4 Å². The maximum absolute atomic E-state index is 6.10. The Bertz CT molecular complexity index is 1210. The summed E-state index contributed by atoms with van der Waals surface area (Å²) in [5, 5.41) is 2.42. The van der Waals surface area contributed by atoms with Gasteiger partial charge in [-0.05, 0) is 43.7 Å². The predicted molar refractivity (Wildman–Crippen MR) is 115 cm³/mol. The number of nitrogens with zero attached hydrogens (tertiary/aromatic N) is 4. The molecule has 1 aliphatic heterocycles. The fraction of sp³-hybridized carbons (Fsp3) is 0.333. The summed E-state index contributed by atoms with van der Waals surface area (Å²) in [6, 6.07) is 12.8. The first kappa shape index (κ1) is 17.0. The van der Waals surface area contributed by atoms with Crippen molar-refractivity contribution in [1.29, 1.82) is 0 Å². The Labute approximate surface area is 169 Å². The van der Waals surface area contributed by atoms with Crippen LogP contribution in [0.4, 0.5) is 0 Å². The molecule has 5 nitrogen and oxygen atoms in total. The van der Waals surface area contributed by atoms with Gasteiger partial charge >= 0.3 is 0 Å². The van der Waals surface area contributed by atoms with Crippen LogP contribution >= 0.6 is 0 Å². The van der Waals surface area contributed by atoms with Crippen molar-refractivity contribution in [2.45, 2.75) is 18.9 Å². The van der Waals surface area contributed by atoms with E-state index in [1.807, 2.05) is 24.7 Å². The summed E-state index contributed by atoms with van der Waals surface area (Å²) in [6.45, 7) is 2.43. The Kier molecular flexibility index (Phi) is 3.54. The molecule has 1 saturated carbocycles. The molecule has 4 aromatic rings. The highest BCUT2D eigenvalue weighted by Gasteiger charge is 2.52. The number of ether oxygens (including phenoxy) is 1. The molecule has 0 bridgehead atoms. The summed E-state index contributed by atoms with van der Waals surface area (Å²) in [7, 11) is 4.29. The summed E-state index contributed by atoms with van der Waals surface area (Å²) in [6.07, 6.45) is 8.35. The number of benzene rings is 1. The lowest BCUT2D eigenvalue weighted by Gasteiger charge is -2.57. The molecule has 4 heterocycles. The molecule has 3 aromatic heterocycles. The van der Waals surface area contributed by atoms with E-state index in [0.29, 0.717) is 11.5 Å². The second-order valence-corrected chi connectivity index (χ2v) is 8.89. The van der Waals surface area contributed by atoms with Crippen molar-refractivity contribution in [2.75, 3.05) is 20.1 Å². The Balaban J connectivity index is 1.23. The van der Waals surface area contributed by atoms with Gasteiger partial charge in [-0.15, -0.1) is 0 Å². The number of hydrogen-bond donors (Lipinski definition) is 0. The van der Waals surface area contributed by atoms with Gasteiger partial charge in [-0.1, -0.05) is 12.1 Å². The Morgan fingerprint density at radius 1 is 0.931 bits per heavy atom. The summed E-state index contributed by atoms with van der Waals surface area (Å²) in [4.78, 5) is 11.2. The molecule has 0 unspecified atom stereocenters. The molecule has 146 valence electrons. The topological polar surface area (TPSA) is 43.2 Å². The van der Waals surface area contributed by atoms with Crippen molar-refractivity contribution >= 4 is 21.8 Å². The molecule has 6 rings (SSSR count). The van der Waals surface area contributed by atoms with Gasteiger partial charge < -0.3 is 14.2 Å². The molecule has 2 aliphatic rings. The molecule has 0 radical (unpaired) electrons. The molecule has 1 aliphatic carbocycles. The van der Waals surface area contributed by atoms with Crippen LogP contribution in [0.5, 0.6) is 5.88 Å². The first-order valence-electron chi connectivity index (χ1n) is 10.2. The van der Waals surface area contributed by atoms with Crippen LogP contribution in [0.1, 0.15) is 12.8 Å². The third-order valence-electron chi connectivity index (χ3n) is 6.70. The van der Waals surface area contributed by atoms with Crippen LogP contribution in [0.15, 0.2) is 55.0 Å². The van der Waals surface area contributed by atoms with Gasteiger partial charge in [0.2, 0.25) is 5.88 Å². The van der Waals surface area contributed by atoms with E-state index in [2.05, 4.69) is 63.9 Å². The minimum absolute atomic E-state index is 0.322. The number of aromatic nitrogens is 3. The number of likely N-dealkylation sites (tertiary alicyclic amines) is 1. The van der Waals surface area contributed by atoms with Crippen LogP contribution in [0.25, 0.3) is 32.9 Å². The summed E-state index contributed by atoms with van der Waals surface area (Å²) in [5.74, 6) is 0.734. The fourth-order valence-corrected chi connectivity index (χ4v) is 5.37. The van der Waals surface area contributed by atoms with E-state index in [1.165, 1.54) is 34.9 Å². The zero-order valence-corrected chi connectivity index (χ0v) is 16.8. The van der Waals surface area contributed by atoms with Crippen molar-refractivity contribution in [2.24, 2.45) is 12.5 Å². The first-order chi connectivity index (χ1) is 14.1. The fourth-order valence-electron chi connectivity index (χ4n) is 5.37. The number of pyridine rings is 2. The average Bonchev–Trinajstić information content (AvgIpc) is 2.98. The van der Waals surface area contributed by atoms with E-state index >= 15 is 0 Å². The Morgan fingerprint density at radius 3 is 2.52 bits per heavy atom. The minimum Gasteiger partial charge on any atom is -0.474 e. The van der Waals surface area contributed by atoms with Crippen LogP contribution in [0, 0.1) is 5.41 Å². The zero-order chi connectivity index (χ0) is 19.6. The maximum Gasteiger partial charge on any atom is 0.213 e. The molecule has 5 heteroatoms. The smallest absolute Gasteiger partial charge is 0.213 e. The number of hydrogen-bond acceptors (Lipinski definition) is 4. The number of rotatable bonds is 3. The summed E-state index contributed by atoms with van der Waals surface area (Å²) in [5.41, 5.74) is 5.20. The quantitative estimate of drug-likeness (QED) is 0.529. The standard InChI is InChI=1S/C24H24N4O/c1-27-14-24(15-27)10-18(11-24)29-23-6-4-17(12-26-23)16-3-5-19-20-13-25-8-7-21(20)28(2)22(19)9-16/h3-9,12-13,18H,10-11,14-15H2,1-2H3. The summed E-state index contributed by atoms with van der Waals surface area (Å²) >= 11 is 0. The van der Waals surface area contributed by atoms with Crippen molar-refractivity contribution in [3.8, 4) is 17.0 Å². The maximum atomic E-state index is 6.10. The van der Waals surface area contributed by atoms with E-state index in [4.69, 9.17) is 4.74 Å². The molecular weight excluding hydrogens is 360 g/mol. The average molecular weight is 384 g/mol. The number of aryl methyl sites for hydroxylation is 1. The van der Waals surface area contributed by atoms with E-state index in [9.17, 15) is 0 Å². The highest BCUT2D eigenvalue weighted by Crippen LogP contribution is 2.48. The van der Waals surface area contributed by atoms with Crippen LogP contribution < -0.4 is 4.74 Å². The van der Waals surface area contributed by atoms with Gasteiger partial charge in [0.05, 0.1) is 5.52 Å². The second-order valence-electron chi connectivity index (χ2n) is 8.89. The van der Waals surface area contributed by atoms with Gasteiger partial charge in [-0.3, -0.25) is 4.98 Å². The van der Waals surface area contributed by atoms with Crippen molar-refractivity contribution in [3.63, 3.8) is 0 Å². The molecule has 1 spiro atoms. The Morgan fingerprint density at radius 2 is 1.76 bits per heavy atom. The third kappa shape index (κ3) is 2.64. The number of fused-ring (bicyclic) bond motifs is 3. The molecule has 1 saturated heterocycles. The van der Waals surface area contributed by atoms with Crippen LogP contribution in [-0.2, 0) is 7.05 Å². The summed E-state index contributed by atoms with van der Waals surface area (Å²) < 4.78 is 8.32. The molecule has 29 heavy (non-hydrogen) atoms. The minimum atomic E-state index is 0.322. The van der Waals surface area contributed by atoms with Gasteiger partial charge in [-0.25, -0.2) is 4.98 Å². The van der Waals surface area contributed by atoms with Crippen LogP contribution in [0.2, 0.25) is 0 Å². The normalized spacial score (nSPS) is 18.8. The SMILES string of the molecule is CN1CC2(CC(Oc3ccc(-c4ccc5c6cnccc6n(C)c5c4)cn3)C2)C1. The van der Waals surface area contributed by atoms with Gasteiger partial charge in [0.15, 0.2) is 0 Å².